The number of rotatable bonds is 5. The first-order valence-electron chi connectivity index (χ1n) is 13.8. The van der Waals surface area contributed by atoms with Gasteiger partial charge in [-0.1, -0.05) is 47.5 Å². The zero-order valence-electron chi connectivity index (χ0n) is 23.7. The molecule has 1 aliphatic carbocycles. The number of hydrogen-bond donors (Lipinski definition) is 1. The number of nitrogens with one attached hydrogen (secondary N) is 1. The highest BCUT2D eigenvalue weighted by Crippen LogP contribution is 2.43. The third-order valence-electron chi connectivity index (χ3n) is 7.28. The molecular formula is C33H34Cl2N2O4. The molecule has 41 heavy (non-hydrogen) atoms. The lowest BCUT2D eigenvalue weighted by atomic mass is 9.87. The number of halogens is 2. The third kappa shape index (κ3) is 6.55. The molecule has 0 unspecified atom stereocenters. The van der Waals surface area contributed by atoms with E-state index in [1.54, 1.807) is 11.0 Å². The molecule has 0 bridgehead atoms. The Morgan fingerprint density at radius 3 is 2.41 bits per heavy atom. The molecule has 3 aromatic rings. The second-order valence-electron chi connectivity index (χ2n) is 11.5. The summed E-state index contributed by atoms with van der Waals surface area (Å²) < 4.78 is 10.5. The van der Waals surface area contributed by atoms with Crippen LogP contribution in [0.15, 0.2) is 60.7 Å². The minimum absolute atomic E-state index is 0.126. The van der Waals surface area contributed by atoms with Crippen LogP contribution in [0.25, 0.3) is 11.1 Å². The summed E-state index contributed by atoms with van der Waals surface area (Å²) in [6.07, 6.45) is 2.24. The summed E-state index contributed by atoms with van der Waals surface area (Å²) >= 11 is 13.0. The molecule has 214 valence electrons. The predicted octanol–water partition coefficient (Wildman–Crippen LogP) is 8.11. The van der Waals surface area contributed by atoms with Gasteiger partial charge in [-0.15, -0.1) is 0 Å². The molecule has 0 saturated carbocycles. The van der Waals surface area contributed by atoms with Crippen LogP contribution in [0.2, 0.25) is 10.0 Å². The maximum absolute atomic E-state index is 12.4. The van der Waals surface area contributed by atoms with E-state index in [0.717, 1.165) is 58.3 Å². The van der Waals surface area contributed by atoms with Crippen molar-refractivity contribution < 1.29 is 19.1 Å². The zero-order valence-corrected chi connectivity index (χ0v) is 25.2. The van der Waals surface area contributed by atoms with Gasteiger partial charge in [-0.05, 0) is 110 Å². The Morgan fingerprint density at radius 1 is 0.951 bits per heavy atom. The van der Waals surface area contributed by atoms with Gasteiger partial charge in [0.2, 0.25) is 0 Å². The van der Waals surface area contributed by atoms with Gasteiger partial charge in [0.05, 0.1) is 18.7 Å². The number of nitrogens with zero attached hydrogens (tertiary/aromatic N) is 1. The Kier molecular flexibility index (Phi) is 8.35. The second kappa shape index (κ2) is 11.8. The summed E-state index contributed by atoms with van der Waals surface area (Å²) in [5.41, 5.74) is 7.32. The highest BCUT2D eigenvalue weighted by molar-refractivity contribution is 6.36. The van der Waals surface area contributed by atoms with Gasteiger partial charge in [-0.25, -0.2) is 9.59 Å². The number of esters is 1. The van der Waals surface area contributed by atoms with Gasteiger partial charge in [-0.2, -0.15) is 0 Å². The van der Waals surface area contributed by atoms with Crippen molar-refractivity contribution in [1.29, 1.82) is 0 Å². The first-order chi connectivity index (χ1) is 19.5. The summed E-state index contributed by atoms with van der Waals surface area (Å²) in [7, 11) is 1.40. The van der Waals surface area contributed by atoms with E-state index < -0.39 is 5.60 Å². The summed E-state index contributed by atoms with van der Waals surface area (Å²) in [5.74, 6) is -0.351. The van der Waals surface area contributed by atoms with Gasteiger partial charge >= 0.3 is 12.1 Å². The van der Waals surface area contributed by atoms with Crippen LogP contribution in [0.1, 0.15) is 66.2 Å². The zero-order chi connectivity index (χ0) is 29.3. The lowest BCUT2D eigenvalue weighted by molar-refractivity contribution is 0.0105. The molecule has 2 aliphatic rings. The van der Waals surface area contributed by atoms with Gasteiger partial charge < -0.3 is 19.7 Å². The van der Waals surface area contributed by atoms with Crippen LogP contribution >= 0.6 is 23.2 Å². The quantitative estimate of drug-likeness (QED) is 0.303. The number of ether oxygens (including phenoxy) is 2. The number of aryl methyl sites for hydroxylation is 1. The SMILES string of the molecule is COC(=O)c1ccc2c(c1)CCCC(c1ccc(Cl)cc1Cl)=C2c1cccc(NC2CN(C(=O)OC(C)(C)C)C2)c1. The van der Waals surface area contributed by atoms with E-state index in [9.17, 15) is 9.59 Å². The molecule has 1 amide bonds. The number of anilines is 1. The summed E-state index contributed by atoms with van der Waals surface area (Å²) in [6.45, 7) is 6.76. The van der Waals surface area contributed by atoms with Crippen LogP contribution in [-0.2, 0) is 15.9 Å². The molecule has 0 aromatic heterocycles. The lowest BCUT2D eigenvalue weighted by Gasteiger charge is -2.40. The highest BCUT2D eigenvalue weighted by atomic mass is 35.5. The number of likely N-dealkylation sites (tertiary alicyclic amines) is 1. The molecule has 1 fully saturated rings. The van der Waals surface area contributed by atoms with E-state index >= 15 is 0 Å². The molecule has 0 radical (unpaired) electrons. The Balaban J connectivity index is 1.51. The number of carbonyl (C=O) groups is 2. The standard InChI is InChI=1S/C33H34Cl2N2O4/c1-33(2,3)41-32(39)37-18-25(19-37)36-24-9-5-8-21(16-24)30-26-13-11-22(31(38)40-4)15-20(26)7-6-10-28(30)27-14-12-23(34)17-29(27)35/h5,8-9,11-17,25,36H,6-7,10,18-19H2,1-4H3. The average Bonchev–Trinajstić information content (AvgIpc) is 3.08. The number of carbonyl (C=O) groups excluding carboxylic acids is 2. The van der Waals surface area contributed by atoms with Crippen LogP contribution in [0, 0.1) is 0 Å². The van der Waals surface area contributed by atoms with Crippen LogP contribution in [0.4, 0.5) is 10.5 Å². The predicted molar refractivity (Wildman–Crippen MR) is 165 cm³/mol. The first-order valence-corrected chi connectivity index (χ1v) is 14.5. The summed E-state index contributed by atoms with van der Waals surface area (Å²) in [4.78, 5) is 26.4. The monoisotopic (exact) mass is 592 g/mol. The topological polar surface area (TPSA) is 67.9 Å². The Morgan fingerprint density at radius 2 is 1.71 bits per heavy atom. The molecule has 1 heterocycles. The molecule has 0 spiro atoms. The molecule has 1 N–H and O–H groups in total. The second-order valence-corrected chi connectivity index (χ2v) is 12.3. The van der Waals surface area contributed by atoms with Crippen molar-refractivity contribution >= 4 is 52.1 Å². The Hall–Kier alpha value is -3.48. The highest BCUT2D eigenvalue weighted by Gasteiger charge is 2.33. The maximum atomic E-state index is 12.4. The van der Waals surface area contributed by atoms with E-state index in [1.807, 2.05) is 63.2 Å². The van der Waals surface area contributed by atoms with E-state index in [1.165, 1.54) is 7.11 Å². The summed E-state index contributed by atoms with van der Waals surface area (Å²) in [6, 6.07) is 19.8. The smallest absolute Gasteiger partial charge is 0.410 e. The molecule has 0 atom stereocenters. The van der Waals surface area contributed by atoms with Crippen LogP contribution in [-0.4, -0.2) is 48.8 Å². The fraction of sp³-hybridized carbons (Fsp3) is 0.333. The number of benzene rings is 3. The van der Waals surface area contributed by atoms with Crippen molar-refractivity contribution in [3.05, 3.63) is 98.5 Å². The van der Waals surface area contributed by atoms with E-state index in [0.29, 0.717) is 28.7 Å². The lowest BCUT2D eigenvalue weighted by Crippen LogP contribution is -2.57. The molecule has 5 rings (SSSR count). The molecular weight excluding hydrogens is 559 g/mol. The first kappa shape index (κ1) is 29.0. The van der Waals surface area contributed by atoms with Crippen molar-refractivity contribution in [3.63, 3.8) is 0 Å². The Labute approximate surface area is 251 Å². The van der Waals surface area contributed by atoms with Gasteiger partial charge in [0, 0.05) is 28.8 Å². The number of amides is 1. The van der Waals surface area contributed by atoms with E-state index in [4.69, 9.17) is 32.7 Å². The van der Waals surface area contributed by atoms with Crippen molar-refractivity contribution in [2.45, 2.75) is 51.7 Å². The fourth-order valence-electron chi connectivity index (χ4n) is 5.41. The van der Waals surface area contributed by atoms with Crippen molar-refractivity contribution in [2.75, 3.05) is 25.5 Å². The molecule has 1 aliphatic heterocycles. The van der Waals surface area contributed by atoms with E-state index in [-0.39, 0.29) is 18.1 Å². The molecule has 1 saturated heterocycles. The van der Waals surface area contributed by atoms with Gasteiger partial charge in [0.15, 0.2) is 0 Å². The van der Waals surface area contributed by atoms with Gasteiger partial charge in [0.25, 0.3) is 0 Å². The molecule has 3 aromatic carbocycles. The third-order valence-corrected chi connectivity index (χ3v) is 7.83. The van der Waals surface area contributed by atoms with Crippen molar-refractivity contribution in [2.24, 2.45) is 0 Å². The van der Waals surface area contributed by atoms with Crippen LogP contribution in [0.5, 0.6) is 0 Å². The Bertz CT molecular complexity index is 1520. The van der Waals surface area contributed by atoms with Gasteiger partial charge in [0.1, 0.15) is 5.60 Å². The minimum Gasteiger partial charge on any atom is -0.465 e. The summed E-state index contributed by atoms with van der Waals surface area (Å²) in [5, 5.41) is 4.76. The van der Waals surface area contributed by atoms with Crippen molar-refractivity contribution in [3.8, 4) is 0 Å². The molecule has 8 heteroatoms. The largest absolute Gasteiger partial charge is 0.465 e. The van der Waals surface area contributed by atoms with Crippen LogP contribution < -0.4 is 5.32 Å². The van der Waals surface area contributed by atoms with Gasteiger partial charge in [-0.3, -0.25) is 0 Å². The average molecular weight is 594 g/mol. The van der Waals surface area contributed by atoms with Crippen LogP contribution in [0.3, 0.4) is 0 Å². The number of fused-ring (bicyclic) bond motifs is 1. The normalized spacial score (nSPS) is 15.5. The van der Waals surface area contributed by atoms with Crippen molar-refractivity contribution in [1.82, 2.24) is 4.90 Å². The number of hydrogen-bond acceptors (Lipinski definition) is 5. The number of methoxy groups -OCH3 is 1. The number of allylic oxidation sites excluding steroid dienone is 1. The maximum Gasteiger partial charge on any atom is 0.410 e. The van der Waals surface area contributed by atoms with E-state index in [2.05, 4.69) is 17.4 Å². The molecule has 6 nitrogen and oxygen atoms in total. The fourth-order valence-corrected chi connectivity index (χ4v) is 5.93. The minimum atomic E-state index is -0.519.